The highest BCUT2D eigenvalue weighted by atomic mass is 79.9. The Morgan fingerprint density at radius 2 is 2.29 bits per heavy atom. The quantitative estimate of drug-likeness (QED) is 0.830. The summed E-state index contributed by atoms with van der Waals surface area (Å²) in [5.41, 5.74) is 0. The Kier molecular flexibility index (Phi) is 3.40. The minimum Gasteiger partial charge on any atom is -0.355 e. The predicted octanol–water partition coefficient (Wildman–Crippen LogP) is 1.61. The summed E-state index contributed by atoms with van der Waals surface area (Å²) in [4.78, 5) is 5.87. The van der Waals surface area contributed by atoms with Crippen LogP contribution in [-0.4, -0.2) is 38.0 Å². The Labute approximate surface area is 108 Å². The maximum Gasteiger partial charge on any atom is 0.152 e. The molecule has 2 rings (SSSR count). The van der Waals surface area contributed by atoms with Crippen molar-refractivity contribution in [1.29, 1.82) is 0 Å². The molecule has 1 aliphatic rings. The Balaban J connectivity index is 2.18. The van der Waals surface area contributed by atoms with Gasteiger partial charge in [-0.15, -0.1) is 0 Å². The molecule has 0 N–H and O–H groups in total. The molecular formula is C10H12BrFN2O2S. The molecule has 1 fully saturated rings. The Morgan fingerprint density at radius 1 is 1.59 bits per heavy atom. The van der Waals surface area contributed by atoms with Crippen molar-refractivity contribution in [3.05, 3.63) is 22.6 Å². The van der Waals surface area contributed by atoms with Gasteiger partial charge < -0.3 is 4.90 Å². The van der Waals surface area contributed by atoms with Gasteiger partial charge in [0.05, 0.1) is 9.72 Å². The summed E-state index contributed by atoms with van der Waals surface area (Å²) in [5.74, 6) is 0.0923. The molecule has 1 aliphatic heterocycles. The molecule has 0 aromatic carbocycles. The molecule has 0 unspecified atom stereocenters. The highest BCUT2D eigenvalue weighted by Crippen LogP contribution is 2.24. The second-order valence-corrected chi connectivity index (χ2v) is 7.32. The second-order valence-electron chi connectivity index (χ2n) is 4.14. The maximum absolute atomic E-state index is 13.3. The van der Waals surface area contributed by atoms with Gasteiger partial charge in [-0.2, -0.15) is 0 Å². The number of sulfone groups is 1. The molecule has 1 saturated heterocycles. The number of pyridine rings is 1. The SMILES string of the molecule is CS(=O)(=O)[C@H]1CCN(c2cc(F)c(Br)cn2)C1. The zero-order valence-electron chi connectivity index (χ0n) is 9.23. The number of hydrogen-bond acceptors (Lipinski definition) is 4. The average Bonchev–Trinajstić information content (AvgIpc) is 2.70. The summed E-state index contributed by atoms with van der Waals surface area (Å²) >= 11 is 3.03. The minimum atomic E-state index is -3.03. The molecule has 0 spiro atoms. The molecule has 94 valence electrons. The van der Waals surface area contributed by atoms with Crippen LogP contribution in [0.3, 0.4) is 0 Å². The second kappa shape index (κ2) is 4.53. The fourth-order valence-corrected chi connectivity index (χ4v) is 3.06. The van der Waals surface area contributed by atoms with E-state index in [4.69, 9.17) is 0 Å². The smallest absolute Gasteiger partial charge is 0.152 e. The van der Waals surface area contributed by atoms with E-state index in [9.17, 15) is 12.8 Å². The van der Waals surface area contributed by atoms with Gasteiger partial charge in [-0.1, -0.05) is 0 Å². The summed E-state index contributed by atoms with van der Waals surface area (Å²) in [7, 11) is -3.03. The number of anilines is 1. The lowest BCUT2D eigenvalue weighted by Crippen LogP contribution is -2.26. The molecule has 2 heterocycles. The molecule has 0 saturated carbocycles. The van der Waals surface area contributed by atoms with Gasteiger partial charge in [0.25, 0.3) is 0 Å². The third kappa shape index (κ3) is 2.77. The molecule has 1 aromatic rings. The zero-order chi connectivity index (χ0) is 12.6. The van der Waals surface area contributed by atoms with Crippen molar-refractivity contribution in [1.82, 2.24) is 4.98 Å². The van der Waals surface area contributed by atoms with Crippen molar-refractivity contribution in [2.45, 2.75) is 11.7 Å². The van der Waals surface area contributed by atoms with E-state index in [2.05, 4.69) is 20.9 Å². The topological polar surface area (TPSA) is 50.3 Å². The minimum absolute atomic E-state index is 0.306. The fourth-order valence-electron chi connectivity index (χ4n) is 1.86. The number of halogens is 2. The van der Waals surface area contributed by atoms with Crippen molar-refractivity contribution in [2.75, 3.05) is 24.2 Å². The van der Waals surface area contributed by atoms with E-state index in [1.54, 1.807) is 4.90 Å². The molecule has 17 heavy (non-hydrogen) atoms. The normalized spacial score (nSPS) is 20.9. The van der Waals surface area contributed by atoms with Gasteiger partial charge in [0.2, 0.25) is 0 Å². The monoisotopic (exact) mass is 322 g/mol. The first-order valence-electron chi connectivity index (χ1n) is 5.13. The van der Waals surface area contributed by atoms with Crippen molar-refractivity contribution < 1.29 is 12.8 Å². The van der Waals surface area contributed by atoms with E-state index >= 15 is 0 Å². The Hall–Kier alpha value is -0.690. The molecule has 1 aromatic heterocycles. The van der Waals surface area contributed by atoms with Crippen LogP contribution in [0.25, 0.3) is 0 Å². The van der Waals surface area contributed by atoms with Gasteiger partial charge in [-0.25, -0.2) is 17.8 Å². The maximum atomic E-state index is 13.3. The van der Waals surface area contributed by atoms with Crippen LogP contribution in [0.1, 0.15) is 6.42 Å². The number of aromatic nitrogens is 1. The van der Waals surface area contributed by atoms with Gasteiger partial charge in [-0.05, 0) is 22.4 Å². The summed E-state index contributed by atoms with van der Waals surface area (Å²) in [6.07, 6.45) is 3.19. The van der Waals surface area contributed by atoms with E-state index in [0.29, 0.717) is 29.8 Å². The van der Waals surface area contributed by atoms with E-state index in [1.165, 1.54) is 18.5 Å². The number of nitrogens with zero attached hydrogens (tertiary/aromatic N) is 2. The van der Waals surface area contributed by atoms with E-state index in [0.717, 1.165) is 0 Å². The van der Waals surface area contributed by atoms with Gasteiger partial charge in [0, 0.05) is 31.6 Å². The molecule has 0 radical (unpaired) electrons. The summed E-state index contributed by atoms with van der Waals surface area (Å²) < 4.78 is 36.4. The zero-order valence-corrected chi connectivity index (χ0v) is 11.6. The highest BCUT2D eigenvalue weighted by Gasteiger charge is 2.30. The summed E-state index contributed by atoms with van der Waals surface area (Å²) in [6.45, 7) is 0.971. The van der Waals surface area contributed by atoms with Gasteiger partial charge in [0.1, 0.15) is 11.6 Å². The van der Waals surface area contributed by atoms with Crippen molar-refractivity contribution in [3.63, 3.8) is 0 Å². The first-order chi connectivity index (χ1) is 7.88. The standard InChI is InChI=1S/C10H12BrFN2O2S/c1-17(15,16)7-2-3-14(6-7)10-4-9(12)8(11)5-13-10/h4-5,7H,2-3,6H2,1H3/t7-/m0/s1. The van der Waals surface area contributed by atoms with Crippen LogP contribution in [0.15, 0.2) is 16.7 Å². The van der Waals surface area contributed by atoms with Crippen molar-refractivity contribution in [2.24, 2.45) is 0 Å². The van der Waals surface area contributed by atoms with Crippen LogP contribution < -0.4 is 4.90 Å². The largest absolute Gasteiger partial charge is 0.355 e. The molecular weight excluding hydrogens is 311 g/mol. The van der Waals surface area contributed by atoms with Gasteiger partial charge in [0.15, 0.2) is 9.84 Å². The summed E-state index contributed by atoms with van der Waals surface area (Å²) in [6, 6.07) is 1.31. The lowest BCUT2D eigenvalue weighted by Gasteiger charge is -2.17. The summed E-state index contributed by atoms with van der Waals surface area (Å²) in [5, 5.41) is -0.379. The number of hydrogen-bond donors (Lipinski definition) is 0. The fraction of sp³-hybridized carbons (Fsp3) is 0.500. The van der Waals surface area contributed by atoms with E-state index in [-0.39, 0.29) is 5.25 Å². The third-order valence-electron chi connectivity index (χ3n) is 2.87. The van der Waals surface area contributed by atoms with Crippen LogP contribution in [0.4, 0.5) is 10.2 Å². The molecule has 0 bridgehead atoms. The van der Waals surface area contributed by atoms with Crippen molar-refractivity contribution in [3.8, 4) is 0 Å². The lowest BCUT2D eigenvalue weighted by molar-refractivity contribution is 0.589. The van der Waals surface area contributed by atoms with Crippen LogP contribution in [0.2, 0.25) is 0 Å². The molecule has 7 heteroatoms. The van der Waals surface area contributed by atoms with E-state index in [1.807, 2.05) is 0 Å². The highest BCUT2D eigenvalue weighted by molar-refractivity contribution is 9.10. The molecule has 1 atom stereocenters. The first kappa shape index (κ1) is 12.8. The first-order valence-corrected chi connectivity index (χ1v) is 7.87. The van der Waals surface area contributed by atoms with E-state index < -0.39 is 15.7 Å². The van der Waals surface area contributed by atoms with Gasteiger partial charge >= 0.3 is 0 Å². The Bertz CT molecular complexity index is 535. The van der Waals surface area contributed by atoms with Gasteiger partial charge in [-0.3, -0.25) is 0 Å². The predicted molar refractivity (Wildman–Crippen MR) is 67.4 cm³/mol. The number of rotatable bonds is 2. The third-order valence-corrected chi connectivity index (χ3v) is 5.05. The Morgan fingerprint density at radius 3 is 2.82 bits per heavy atom. The van der Waals surface area contributed by atoms with Crippen LogP contribution in [0, 0.1) is 5.82 Å². The van der Waals surface area contributed by atoms with Crippen molar-refractivity contribution >= 4 is 31.6 Å². The lowest BCUT2D eigenvalue weighted by atomic mass is 10.4. The average molecular weight is 323 g/mol. The van der Waals surface area contributed by atoms with Crippen LogP contribution in [-0.2, 0) is 9.84 Å². The molecule has 0 amide bonds. The molecule has 4 nitrogen and oxygen atoms in total. The van der Waals surface area contributed by atoms with Crippen LogP contribution >= 0.6 is 15.9 Å². The van der Waals surface area contributed by atoms with Crippen LogP contribution in [0.5, 0.6) is 0 Å². The molecule has 0 aliphatic carbocycles.